The average Bonchev–Trinajstić information content (AvgIpc) is 3.34. The predicted octanol–water partition coefficient (Wildman–Crippen LogP) is 1.16. The first-order valence-electron chi connectivity index (χ1n) is 8.92. The zero-order chi connectivity index (χ0) is 20.2. The smallest absolute Gasteiger partial charge is 0.320 e. The van der Waals surface area contributed by atoms with Gasteiger partial charge in [-0.3, -0.25) is 14.5 Å². The predicted molar refractivity (Wildman–Crippen MR) is 102 cm³/mol. The number of benzene rings is 1. The van der Waals surface area contributed by atoms with E-state index >= 15 is 0 Å². The average molecular weight is 397 g/mol. The van der Waals surface area contributed by atoms with Crippen molar-refractivity contribution in [1.82, 2.24) is 4.90 Å². The van der Waals surface area contributed by atoms with Crippen LogP contribution in [0.5, 0.6) is 0 Å². The SMILES string of the molecule is CCOC(=O)CN(CC(=O)Nc1cc(S(N)(=O)=O)cc(C)c1C)CC1CC1. The van der Waals surface area contributed by atoms with E-state index in [1.807, 2.05) is 0 Å². The van der Waals surface area contributed by atoms with Gasteiger partial charge in [-0.2, -0.15) is 0 Å². The number of primary sulfonamides is 1. The topological polar surface area (TPSA) is 119 Å². The summed E-state index contributed by atoms with van der Waals surface area (Å²) in [5, 5.41) is 7.94. The normalized spacial score (nSPS) is 14.3. The number of nitrogens with two attached hydrogens (primary N) is 1. The van der Waals surface area contributed by atoms with E-state index in [2.05, 4.69) is 5.32 Å². The number of amides is 1. The summed E-state index contributed by atoms with van der Waals surface area (Å²) in [5.41, 5.74) is 1.86. The van der Waals surface area contributed by atoms with Crippen molar-refractivity contribution in [2.75, 3.05) is 31.6 Å². The lowest BCUT2D eigenvalue weighted by atomic mass is 10.1. The molecular weight excluding hydrogens is 370 g/mol. The molecule has 0 saturated heterocycles. The lowest BCUT2D eigenvalue weighted by Crippen LogP contribution is -2.39. The Balaban J connectivity index is 2.10. The number of aryl methyl sites for hydroxylation is 1. The Kier molecular flexibility index (Phi) is 6.96. The van der Waals surface area contributed by atoms with Gasteiger partial charge in [-0.1, -0.05) is 0 Å². The molecule has 150 valence electrons. The molecule has 0 unspecified atom stereocenters. The van der Waals surface area contributed by atoms with Gasteiger partial charge in [-0.15, -0.1) is 0 Å². The van der Waals surface area contributed by atoms with Crippen LogP contribution < -0.4 is 10.5 Å². The zero-order valence-corrected chi connectivity index (χ0v) is 16.8. The van der Waals surface area contributed by atoms with E-state index in [9.17, 15) is 18.0 Å². The number of esters is 1. The third-order valence-electron chi connectivity index (χ3n) is 4.48. The second-order valence-electron chi connectivity index (χ2n) is 6.92. The molecule has 1 aromatic carbocycles. The molecule has 0 atom stereocenters. The largest absolute Gasteiger partial charge is 0.465 e. The fourth-order valence-corrected chi connectivity index (χ4v) is 3.38. The Hall–Kier alpha value is -1.97. The summed E-state index contributed by atoms with van der Waals surface area (Å²) >= 11 is 0. The van der Waals surface area contributed by atoms with Crippen molar-refractivity contribution in [3.05, 3.63) is 23.3 Å². The van der Waals surface area contributed by atoms with E-state index in [0.717, 1.165) is 18.4 Å². The monoisotopic (exact) mass is 397 g/mol. The number of hydrogen-bond donors (Lipinski definition) is 2. The molecule has 1 aliphatic carbocycles. The quantitative estimate of drug-likeness (QED) is 0.604. The van der Waals surface area contributed by atoms with Crippen molar-refractivity contribution in [2.45, 2.75) is 38.5 Å². The number of nitrogens with zero attached hydrogens (tertiary/aromatic N) is 1. The molecule has 1 aliphatic rings. The van der Waals surface area contributed by atoms with E-state index in [-0.39, 0.29) is 29.9 Å². The number of rotatable bonds is 9. The molecule has 3 N–H and O–H groups in total. The number of sulfonamides is 1. The Labute approximate surface area is 160 Å². The highest BCUT2D eigenvalue weighted by atomic mass is 32.2. The van der Waals surface area contributed by atoms with Gasteiger partial charge >= 0.3 is 5.97 Å². The molecule has 1 fully saturated rings. The molecule has 9 heteroatoms. The van der Waals surface area contributed by atoms with E-state index in [4.69, 9.17) is 9.88 Å². The zero-order valence-electron chi connectivity index (χ0n) is 15.9. The maximum absolute atomic E-state index is 12.5. The minimum Gasteiger partial charge on any atom is -0.465 e. The van der Waals surface area contributed by atoms with E-state index in [1.54, 1.807) is 25.7 Å². The third kappa shape index (κ3) is 6.60. The highest BCUT2D eigenvalue weighted by Crippen LogP contribution is 2.29. The van der Waals surface area contributed by atoms with E-state index in [0.29, 0.717) is 30.3 Å². The number of hydrogen-bond acceptors (Lipinski definition) is 6. The number of carbonyl (C=O) groups excluding carboxylic acids is 2. The molecular formula is C18H27N3O5S. The van der Waals surface area contributed by atoms with Crippen LogP contribution in [0.2, 0.25) is 0 Å². The first-order valence-corrected chi connectivity index (χ1v) is 10.5. The molecule has 2 rings (SSSR count). The van der Waals surface area contributed by atoms with Gasteiger partial charge in [0.25, 0.3) is 0 Å². The highest BCUT2D eigenvalue weighted by Gasteiger charge is 2.27. The van der Waals surface area contributed by atoms with Crippen molar-refractivity contribution in [1.29, 1.82) is 0 Å². The Morgan fingerprint density at radius 1 is 1.26 bits per heavy atom. The van der Waals surface area contributed by atoms with E-state index in [1.165, 1.54) is 12.1 Å². The second kappa shape index (κ2) is 8.81. The van der Waals surface area contributed by atoms with Crippen molar-refractivity contribution in [3.8, 4) is 0 Å². The maximum atomic E-state index is 12.5. The summed E-state index contributed by atoms with van der Waals surface area (Å²) in [6.07, 6.45) is 2.19. The molecule has 0 heterocycles. The molecule has 8 nitrogen and oxygen atoms in total. The first kappa shape index (κ1) is 21.3. The minimum absolute atomic E-state index is 0.0212. The standard InChI is InChI=1S/C18H27N3O5S/c1-4-26-18(23)11-21(9-14-5-6-14)10-17(22)20-16-8-15(27(19,24)25)7-12(2)13(16)3/h7-8,14H,4-6,9-11H2,1-3H3,(H,20,22)(H2,19,24,25). The van der Waals surface area contributed by atoms with Crippen molar-refractivity contribution in [3.63, 3.8) is 0 Å². The van der Waals surface area contributed by atoms with Gasteiger partial charge in [0.2, 0.25) is 15.9 Å². The summed E-state index contributed by atoms with van der Waals surface area (Å²) in [6, 6.07) is 2.83. The van der Waals surface area contributed by atoms with Crippen LogP contribution in [-0.4, -0.2) is 51.4 Å². The summed E-state index contributed by atoms with van der Waals surface area (Å²) < 4.78 is 28.2. The van der Waals surface area contributed by atoms with Gasteiger partial charge in [0.15, 0.2) is 0 Å². The lowest BCUT2D eigenvalue weighted by Gasteiger charge is -2.21. The van der Waals surface area contributed by atoms with Crippen molar-refractivity contribution < 1.29 is 22.7 Å². The van der Waals surface area contributed by atoms with Crippen LogP contribution in [-0.2, 0) is 24.3 Å². The summed E-state index contributed by atoms with van der Waals surface area (Å²) in [7, 11) is -3.88. The van der Waals surface area contributed by atoms with Crippen LogP contribution in [0.1, 0.15) is 30.9 Å². The minimum atomic E-state index is -3.88. The van der Waals surface area contributed by atoms with Gasteiger partial charge in [-0.05, 0) is 62.8 Å². The molecule has 0 aromatic heterocycles. The molecule has 27 heavy (non-hydrogen) atoms. The lowest BCUT2D eigenvalue weighted by molar-refractivity contribution is -0.144. The second-order valence-corrected chi connectivity index (χ2v) is 8.49. The van der Waals surface area contributed by atoms with Crippen molar-refractivity contribution >= 4 is 27.6 Å². The summed E-state index contributed by atoms with van der Waals surface area (Å²) in [5.74, 6) is -0.190. The Bertz CT molecular complexity index is 819. The molecule has 0 bridgehead atoms. The van der Waals surface area contributed by atoms with Gasteiger partial charge in [0.05, 0.1) is 24.6 Å². The number of nitrogens with one attached hydrogen (secondary N) is 1. The highest BCUT2D eigenvalue weighted by molar-refractivity contribution is 7.89. The van der Waals surface area contributed by atoms with Gasteiger partial charge in [0, 0.05) is 12.2 Å². The molecule has 1 saturated carbocycles. The van der Waals surface area contributed by atoms with Gasteiger partial charge in [-0.25, -0.2) is 13.6 Å². The number of carbonyl (C=O) groups is 2. The summed E-state index contributed by atoms with van der Waals surface area (Å²) in [4.78, 5) is 26.0. The summed E-state index contributed by atoms with van der Waals surface area (Å²) in [6.45, 7) is 6.29. The maximum Gasteiger partial charge on any atom is 0.320 e. The first-order chi connectivity index (χ1) is 12.6. The van der Waals surface area contributed by atoms with Crippen LogP contribution in [0.3, 0.4) is 0 Å². The third-order valence-corrected chi connectivity index (χ3v) is 5.37. The van der Waals surface area contributed by atoms with Gasteiger partial charge in [0.1, 0.15) is 0 Å². The number of anilines is 1. The fourth-order valence-electron chi connectivity index (χ4n) is 2.75. The Morgan fingerprint density at radius 3 is 2.48 bits per heavy atom. The van der Waals surface area contributed by atoms with Crippen LogP contribution in [0.4, 0.5) is 5.69 Å². The van der Waals surface area contributed by atoms with Gasteiger partial charge < -0.3 is 10.1 Å². The van der Waals surface area contributed by atoms with Crippen molar-refractivity contribution in [2.24, 2.45) is 11.1 Å². The molecule has 1 amide bonds. The number of ether oxygens (including phenoxy) is 1. The molecule has 0 aliphatic heterocycles. The van der Waals surface area contributed by atoms with Crippen LogP contribution >= 0.6 is 0 Å². The van der Waals surface area contributed by atoms with Crippen LogP contribution in [0.25, 0.3) is 0 Å². The fraction of sp³-hybridized carbons (Fsp3) is 0.556. The van der Waals surface area contributed by atoms with Crippen LogP contribution in [0, 0.1) is 19.8 Å². The van der Waals surface area contributed by atoms with Crippen LogP contribution in [0.15, 0.2) is 17.0 Å². The molecule has 0 radical (unpaired) electrons. The van der Waals surface area contributed by atoms with E-state index < -0.39 is 10.0 Å². The Morgan fingerprint density at radius 2 is 1.93 bits per heavy atom. The molecule has 0 spiro atoms. The molecule has 1 aromatic rings.